The topological polar surface area (TPSA) is 160 Å². The van der Waals surface area contributed by atoms with E-state index in [9.17, 15) is 29.7 Å². The largest absolute Gasteiger partial charge is 0.488 e. The van der Waals surface area contributed by atoms with Crippen LogP contribution < -0.4 is 4.74 Å². The zero-order chi connectivity index (χ0) is 23.0. The summed E-state index contributed by atoms with van der Waals surface area (Å²) in [7, 11) is 0. The summed E-state index contributed by atoms with van der Waals surface area (Å²) in [5.41, 5.74) is 1.90. The number of esters is 1. The summed E-state index contributed by atoms with van der Waals surface area (Å²) in [5, 5.41) is 38.8. The molecule has 1 saturated heterocycles. The monoisotopic (exact) mass is 444 g/mol. The zero-order valence-corrected chi connectivity index (χ0v) is 16.6. The summed E-state index contributed by atoms with van der Waals surface area (Å²) in [6.07, 6.45) is -9.64. The predicted molar refractivity (Wildman–Crippen MR) is 105 cm³/mol. The van der Waals surface area contributed by atoms with E-state index in [0.717, 1.165) is 5.56 Å². The maximum absolute atomic E-state index is 12.9. The number of aliphatic hydroxyl groups is 3. The summed E-state index contributed by atoms with van der Waals surface area (Å²) >= 11 is 0. The Morgan fingerprint density at radius 3 is 2.53 bits per heavy atom. The van der Waals surface area contributed by atoms with Crippen LogP contribution in [0.2, 0.25) is 0 Å². The molecule has 0 aliphatic carbocycles. The maximum atomic E-state index is 12.9. The number of carboxylic acid groups (broad SMARTS) is 1. The van der Waals surface area contributed by atoms with Gasteiger partial charge in [-0.1, -0.05) is 30.3 Å². The van der Waals surface area contributed by atoms with E-state index in [2.05, 4.69) is 4.74 Å². The minimum atomic E-state index is -1.96. The van der Waals surface area contributed by atoms with Crippen LogP contribution in [0, 0.1) is 0 Å². The second-order valence-electron chi connectivity index (χ2n) is 7.50. The number of benzene rings is 2. The Balaban J connectivity index is 1.51. The fraction of sp³-hybridized carbons (Fsp3) is 0.318. The third kappa shape index (κ3) is 4.08. The van der Waals surface area contributed by atoms with Gasteiger partial charge in [0.25, 0.3) is 0 Å². The molecule has 1 fully saturated rings. The van der Waals surface area contributed by atoms with E-state index in [1.165, 1.54) is 6.07 Å². The van der Waals surface area contributed by atoms with Gasteiger partial charge in [-0.3, -0.25) is 9.59 Å². The van der Waals surface area contributed by atoms with Gasteiger partial charge in [-0.2, -0.15) is 0 Å². The van der Waals surface area contributed by atoms with Crippen LogP contribution in [-0.2, 0) is 32.1 Å². The molecular weight excluding hydrogens is 424 g/mol. The van der Waals surface area contributed by atoms with Gasteiger partial charge < -0.3 is 34.6 Å². The van der Waals surface area contributed by atoms with E-state index >= 15 is 0 Å². The summed E-state index contributed by atoms with van der Waals surface area (Å²) in [6.45, 7) is 0.225. The molecule has 10 nitrogen and oxygen atoms in total. The number of hydrogen-bond donors (Lipinski definition) is 4. The lowest BCUT2D eigenvalue weighted by Crippen LogP contribution is -2.61. The Labute approximate surface area is 181 Å². The molecule has 2 aliphatic rings. The molecule has 0 bridgehead atoms. The van der Waals surface area contributed by atoms with Gasteiger partial charge in [0.15, 0.2) is 24.3 Å². The minimum Gasteiger partial charge on any atom is -0.488 e. The molecule has 2 heterocycles. The van der Waals surface area contributed by atoms with Crippen molar-refractivity contribution in [3.8, 4) is 5.75 Å². The van der Waals surface area contributed by atoms with Crippen LogP contribution in [0.15, 0.2) is 42.5 Å². The Bertz CT molecular complexity index is 1060. The fourth-order valence-corrected chi connectivity index (χ4v) is 3.71. The number of aliphatic hydroxyl groups excluding tert-OH is 3. The van der Waals surface area contributed by atoms with Crippen molar-refractivity contribution in [2.75, 3.05) is 0 Å². The number of hydrogen-bond acceptors (Lipinski definition) is 9. The molecular formula is C22H20O10. The van der Waals surface area contributed by atoms with Gasteiger partial charge in [-0.15, -0.1) is 0 Å². The Kier molecular flexibility index (Phi) is 5.94. The van der Waals surface area contributed by atoms with Gasteiger partial charge in [0.05, 0.1) is 12.0 Å². The van der Waals surface area contributed by atoms with Crippen LogP contribution in [-0.4, -0.2) is 68.9 Å². The first kappa shape index (κ1) is 21.9. The molecule has 2 aromatic rings. The van der Waals surface area contributed by atoms with Crippen molar-refractivity contribution in [2.45, 2.75) is 43.7 Å². The van der Waals surface area contributed by atoms with Crippen LogP contribution in [0.5, 0.6) is 5.75 Å². The van der Waals surface area contributed by atoms with Crippen LogP contribution in [0.25, 0.3) is 0 Å². The van der Waals surface area contributed by atoms with Crippen molar-refractivity contribution in [3.05, 3.63) is 64.7 Å². The second kappa shape index (κ2) is 8.67. The lowest BCUT2D eigenvalue weighted by Gasteiger charge is -2.38. The van der Waals surface area contributed by atoms with Gasteiger partial charge in [0, 0.05) is 11.1 Å². The minimum absolute atomic E-state index is 0.225. The number of ether oxygens (including phenoxy) is 3. The van der Waals surface area contributed by atoms with Gasteiger partial charge in [0.2, 0.25) is 0 Å². The number of ketones is 1. The highest BCUT2D eigenvalue weighted by Crippen LogP contribution is 2.30. The van der Waals surface area contributed by atoms with Crippen LogP contribution in [0.1, 0.15) is 27.0 Å². The lowest BCUT2D eigenvalue weighted by atomic mass is 9.97. The highest BCUT2D eigenvalue weighted by atomic mass is 16.7. The van der Waals surface area contributed by atoms with Crippen molar-refractivity contribution >= 4 is 17.7 Å². The predicted octanol–water partition coefficient (Wildman–Crippen LogP) is -0.212. The van der Waals surface area contributed by atoms with Crippen molar-refractivity contribution in [1.29, 1.82) is 0 Å². The van der Waals surface area contributed by atoms with Crippen molar-refractivity contribution in [2.24, 2.45) is 0 Å². The van der Waals surface area contributed by atoms with Crippen molar-refractivity contribution in [1.82, 2.24) is 0 Å². The molecule has 4 rings (SSSR count). The quantitative estimate of drug-likeness (QED) is 0.465. The highest BCUT2D eigenvalue weighted by molar-refractivity contribution is 6.12. The van der Waals surface area contributed by atoms with Gasteiger partial charge >= 0.3 is 11.9 Å². The fourth-order valence-electron chi connectivity index (χ4n) is 3.71. The lowest BCUT2D eigenvalue weighted by molar-refractivity contribution is -0.283. The van der Waals surface area contributed by atoms with Crippen LogP contribution >= 0.6 is 0 Å². The first-order valence-corrected chi connectivity index (χ1v) is 9.76. The average Bonchev–Trinajstić information content (AvgIpc) is 2.90. The molecule has 0 amide bonds. The van der Waals surface area contributed by atoms with E-state index in [0.29, 0.717) is 16.9 Å². The Morgan fingerprint density at radius 1 is 1.03 bits per heavy atom. The third-order valence-corrected chi connectivity index (χ3v) is 5.35. The second-order valence-corrected chi connectivity index (χ2v) is 7.50. The summed E-state index contributed by atoms with van der Waals surface area (Å²) in [4.78, 5) is 36.5. The number of carbonyl (C=O) groups excluding carboxylic acids is 2. The number of carboxylic acids is 1. The van der Waals surface area contributed by atoms with Crippen LogP contribution in [0.3, 0.4) is 0 Å². The number of aliphatic carboxylic acids is 1. The summed E-state index contributed by atoms with van der Waals surface area (Å²) in [5.74, 6) is -2.39. The smallest absolute Gasteiger partial charge is 0.335 e. The Hall–Kier alpha value is -3.31. The van der Waals surface area contributed by atoms with Gasteiger partial charge in [-0.25, -0.2) is 4.79 Å². The first-order chi connectivity index (χ1) is 15.3. The van der Waals surface area contributed by atoms with Gasteiger partial charge in [0.1, 0.15) is 24.6 Å². The summed E-state index contributed by atoms with van der Waals surface area (Å²) in [6, 6.07) is 11.6. The third-order valence-electron chi connectivity index (χ3n) is 5.35. The molecule has 32 heavy (non-hydrogen) atoms. The Morgan fingerprint density at radius 2 is 1.78 bits per heavy atom. The van der Waals surface area contributed by atoms with E-state index < -0.39 is 42.6 Å². The van der Waals surface area contributed by atoms with Gasteiger partial charge in [-0.05, 0) is 17.7 Å². The van der Waals surface area contributed by atoms with Crippen LogP contribution in [0.4, 0.5) is 0 Å². The molecule has 0 aromatic heterocycles. The van der Waals surface area contributed by atoms with Crippen molar-refractivity contribution < 1.29 is 49.0 Å². The average molecular weight is 444 g/mol. The SMILES string of the molecule is O=C(Cc1ccc2c(c1)C(=O)c1ccccc1CO2)O[C@@H]1[C@@H](O)[C@@H](O)O[C@H](C(=O)O)[C@H]1O. The molecule has 2 aliphatic heterocycles. The standard InChI is InChI=1S/C22H20O10/c23-15(31-19-17(25)20(21(27)28)32-22(29)18(19)26)8-10-5-6-14-13(7-10)16(24)12-4-2-1-3-11(12)9-30-14/h1-7,17-20,22,25-26,29H,8-9H2,(H,27,28)/t17-,18+,19-,20-,22-/m0/s1. The molecule has 0 unspecified atom stereocenters. The number of fused-ring (bicyclic) bond motifs is 2. The molecule has 168 valence electrons. The molecule has 2 aromatic carbocycles. The maximum Gasteiger partial charge on any atom is 0.335 e. The van der Waals surface area contributed by atoms with E-state index in [-0.39, 0.29) is 24.4 Å². The molecule has 0 radical (unpaired) electrons. The summed E-state index contributed by atoms with van der Waals surface area (Å²) < 4.78 is 15.4. The normalized spacial score (nSPS) is 26.8. The van der Waals surface area contributed by atoms with E-state index in [1.807, 2.05) is 0 Å². The van der Waals surface area contributed by atoms with E-state index in [4.69, 9.17) is 14.6 Å². The zero-order valence-electron chi connectivity index (χ0n) is 16.6. The molecule has 5 atom stereocenters. The highest BCUT2D eigenvalue weighted by Gasteiger charge is 2.49. The first-order valence-electron chi connectivity index (χ1n) is 9.76. The molecule has 4 N–H and O–H groups in total. The number of carbonyl (C=O) groups is 3. The molecule has 10 heteroatoms. The van der Waals surface area contributed by atoms with E-state index in [1.54, 1.807) is 36.4 Å². The molecule has 0 spiro atoms. The number of rotatable bonds is 4. The molecule has 0 saturated carbocycles. The van der Waals surface area contributed by atoms with Crippen molar-refractivity contribution in [3.63, 3.8) is 0 Å².